The number of esters is 5. The molecule has 0 aliphatic carbocycles. The zero-order valence-electron chi connectivity index (χ0n) is 33.1. The van der Waals surface area contributed by atoms with Crippen LogP contribution in [0.4, 0.5) is 0 Å². The standard InChI is InChI=1S/C41H32O26/c42-17-1-12(2-18(43)28(17)52)36(57)62-11-27-33(64-37(58)13-3-19(44)29(53)20(45)4-13)34(65-38(59)14-5-21(46)30(54)22(47)6-14)35(66-39(60)15-7-23(48)31(55)24(49)8-15)41(63-27)67-40(61)16-9-25(50)32(56)26(51)10-16/h1-10,27,33-35,41-56H,11H2/t27-,33-,34-,35-,41?/m1/s1. The number of phenolic OH excluding ortho intramolecular Hbond substituents is 15. The van der Waals surface area contributed by atoms with Crippen LogP contribution in [0.5, 0.6) is 86.2 Å². The van der Waals surface area contributed by atoms with Crippen molar-refractivity contribution in [1.29, 1.82) is 0 Å². The highest BCUT2D eigenvalue weighted by molar-refractivity contribution is 5.94. The van der Waals surface area contributed by atoms with Gasteiger partial charge >= 0.3 is 29.8 Å². The SMILES string of the molecule is O=C(OC[C@H]1OC(OC(=O)c2cc(O)c(O)c(O)c2)[C@H](OC(=O)c2cc(O)c(O)c(O)c2)[C@H](OC(=O)c2cc(O)c(O)c(O)c2)[C@@H]1OC(=O)c1cc(O)c(O)c(O)c1)c1cc(O)c(O)c(O)c1. The average Bonchev–Trinajstić information content (AvgIpc) is 3.27. The summed E-state index contributed by atoms with van der Waals surface area (Å²) in [6.45, 7) is -1.25. The molecule has 0 radical (unpaired) electrons. The van der Waals surface area contributed by atoms with E-state index in [0.717, 1.165) is 0 Å². The first-order valence-corrected chi connectivity index (χ1v) is 18.4. The second-order valence-corrected chi connectivity index (χ2v) is 14.0. The summed E-state index contributed by atoms with van der Waals surface area (Å²) in [6, 6.07) is 5.60. The molecule has 5 aromatic rings. The van der Waals surface area contributed by atoms with Crippen LogP contribution in [0.1, 0.15) is 51.8 Å². The molecule has 0 saturated carbocycles. The molecule has 352 valence electrons. The minimum absolute atomic E-state index is 0.534. The molecule has 1 aliphatic rings. The molecular weight excluding hydrogens is 908 g/mol. The van der Waals surface area contributed by atoms with Crippen LogP contribution >= 0.6 is 0 Å². The van der Waals surface area contributed by atoms with Crippen LogP contribution in [0, 0.1) is 0 Å². The van der Waals surface area contributed by atoms with E-state index in [4.69, 9.17) is 28.4 Å². The number of ether oxygens (including phenoxy) is 6. The predicted octanol–water partition coefficient (Wildman–Crippen LogP) is 1.69. The van der Waals surface area contributed by atoms with Gasteiger partial charge < -0.3 is 105 Å². The summed E-state index contributed by atoms with van der Waals surface area (Å²) in [6.07, 6.45) is -12.2. The normalized spacial score (nSPS) is 17.7. The van der Waals surface area contributed by atoms with Crippen LogP contribution in [0.3, 0.4) is 0 Å². The molecule has 1 fully saturated rings. The van der Waals surface area contributed by atoms with Gasteiger partial charge in [0.25, 0.3) is 0 Å². The molecule has 26 nitrogen and oxygen atoms in total. The number of carbonyl (C=O) groups excluding carboxylic acids is 5. The topological polar surface area (TPSA) is 444 Å². The Bertz CT molecular complexity index is 2720. The van der Waals surface area contributed by atoms with Crippen LogP contribution in [-0.2, 0) is 28.4 Å². The van der Waals surface area contributed by atoms with Crippen LogP contribution in [0.25, 0.3) is 0 Å². The number of rotatable bonds is 11. The maximum absolute atomic E-state index is 13.9. The maximum Gasteiger partial charge on any atom is 0.340 e. The number of hydrogen-bond acceptors (Lipinski definition) is 26. The first-order valence-electron chi connectivity index (χ1n) is 18.4. The lowest BCUT2D eigenvalue weighted by atomic mass is 9.97. The molecule has 6 rings (SSSR count). The maximum atomic E-state index is 13.9. The first-order chi connectivity index (χ1) is 31.4. The Morgan fingerprint density at radius 1 is 0.343 bits per heavy atom. The molecule has 5 atom stereocenters. The third-order valence-electron chi connectivity index (χ3n) is 9.45. The van der Waals surface area contributed by atoms with Gasteiger partial charge in [0.1, 0.15) is 12.7 Å². The van der Waals surface area contributed by atoms with Crippen molar-refractivity contribution in [2.45, 2.75) is 30.7 Å². The van der Waals surface area contributed by atoms with Gasteiger partial charge in [-0.1, -0.05) is 0 Å². The number of benzene rings is 5. The summed E-state index contributed by atoms with van der Waals surface area (Å²) in [5.74, 6) is -24.5. The summed E-state index contributed by atoms with van der Waals surface area (Å²) in [5.41, 5.74) is -3.88. The van der Waals surface area contributed by atoms with Gasteiger partial charge in [-0.25, -0.2) is 24.0 Å². The Hall–Kier alpha value is -9.59. The molecule has 1 aliphatic heterocycles. The molecule has 5 aromatic carbocycles. The second-order valence-electron chi connectivity index (χ2n) is 14.0. The van der Waals surface area contributed by atoms with Gasteiger partial charge in [0.05, 0.1) is 27.8 Å². The number of aromatic hydroxyl groups is 15. The molecular formula is C41H32O26. The molecule has 0 spiro atoms. The molecule has 15 N–H and O–H groups in total. The first kappa shape index (κ1) is 46.9. The summed E-state index contributed by atoms with van der Waals surface area (Å²) in [4.78, 5) is 68.5. The van der Waals surface area contributed by atoms with E-state index in [1.54, 1.807) is 0 Å². The van der Waals surface area contributed by atoms with E-state index in [1.807, 2.05) is 0 Å². The van der Waals surface area contributed by atoms with Gasteiger partial charge in [-0.05, 0) is 60.7 Å². The number of carbonyl (C=O) groups is 5. The van der Waals surface area contributed by atoms with Gasteiger partial charge in [0.2, 0.25) is 12.4 Å². The highest BCUT2D eigenvalue weighted by atomic mass is 16.7. The van der Waals surface area contributed by atoms with Crippen LogP contribution in [0.2, 0.25) is 0 Å². The van der Waals surface area contributed by atoms with Crippen molar-refractivity contribution >= 4 is 29.8 Å². The molecule has 0 aromatic heterocycles. The van der Waals surface area contributed by atoms with Crippen molar-refractivity contribution in [3.63, 3.8) is 0 Å². The van der Waals surface area contributed by atoms with E-state index in [0.29, 0.717) is 60.7 Å². The molecule has 26 heteroatoms. The Balaban J connectivity index is 1.52. The third-order valence-corrected chi connectivity index (χ3v) is 9.45. The van der Waals surface area contributed by atoms with Gasteiger partial charge in [0.15, 0.2) is 98.5 Å². The van der Waals surface area contributed by atoms with Crippen molar-refractivity contribution in [1.82, 2.24) is 0 Å². The lowest BCUT2D eigenvalue weighted by molar-refractivity contribution is -0.282. The second kappa shape index (κ2) is 18.3. The Labute approximate surface area is 370 Å². The van der Waals surface area contributed by atoms with Crippen molar-refractivity contribution in [3.05, 3.63) is 88.5 Å². The molecule has 0 amide bonds. The van der Waals surface area contributed by atoms with Crippen LogP contribution < -0.4 is 0 Å². The van der Waals surface area contributed by atoms with E-state index in [-0.39, 0.29) is 0 Å². The van der Waals surface area contributed by atoms with Crippen LogP contribution in [-0.4, -0.2) is 144 Å². The smallest absolute Gasteiger partial charge is 0.340 e. The predicted molar refractivity (Wildman–Crippen MR) is 209 cm³/mol. The fourth-order valence-corrected chi connectivity index (χ4v) is 6.11. The summed E-state index contributed by atoms with van der Waals surface area (Å²) < 4.78 is 33.2. The van der Waals surface area contributed by atoms with Gasteiger partial charge in [0, 0.05) is 0 Å². The van der Waals surface area contributed by atoms with Crippen molar-refractivity contribution in [3.8, 4) is 86.2 Å². The minimum atomic E-state index is -2.56. The minimum Gasteiger partial charge on any atom is -0.504 e. The molecule has 1 unspecified atom stereocenters. The van der Waals surface area contributed by atoms with E-state index >= 15 is 0 Å². The quantitative estimate of drug-likeness (QED) is 0.0509. The van der Waals surface area contributed by atoms with E-state index in [1.165, 1.54) is 0 Å². The lowest BCUT2D eigenvalue weighted by Gasteiger charge is -2.43. The summed E-state index contributed by atoms with van der Waals surface area (Å²) in [5, 5.41) is 150. The highest BCUT2D eigenvalue weighted by Crippen LogP contribution is 2.41. The van der Waals surface area contributed by atoms with Crippen molar-refractivity contribution < 1.29 is 129 Å². The van der Waals surface area contributed by atoms with E-state index < -0.39 is 181 Å². The van der Waals surface area contributed by atoms with Crippen molar-refractivity contribution in [2.24, 2.45) is 0 Å². The highest BCUT2D eigenvalue weighted by Gasteiger charge is 2.55. The fourth-order valence-electron chi connectivity index (χ4n) is 6.11. The fraction of sp³-hybridized carbons (Fsp3) is 0.146. The molecule has 0 bridgehead atoms. The number of hydrogen-bond donors (Lipinski definition) is 15. The molecule has 67 heavy (non-hydrogen) atoms. The number of phenols is 15. The Morgan fingerprint density at radius 3 is 0.881 bits per heavy atom. The Kier molecular flexibility index (Phi) is 12.8. The van der Waals surface area contributed by atoms with Crippen molar-refractivity contribution in [2.75, 3.05) is 6.61 Å². The monoisotopic (exact) mass is 940 g/mol. The summed E-state index contributed by atoms with van der Waals surface area (Å²) in [7, 11) is 0. The lowest BCUT2D eigenvalue weighted by Crippen LogP contribution is -2.63. The zero-order chi connectivity index (χ0) is 49.3. The van der Waals surface area contributed by atoms with Gasteiger partial charge in [-0.15, -0.1) is 0 Å². The van der Waals surface area contributed by atoms with E-state index in [2.05, 4.69) is 0 Å². The molecule has 1 saturated heterocycles. The van der Waals surface area contributed by atoms with Gasteiger partial charge in [-0.2, -0.15) is 0 Å². The van der Waals surface area contributed by atoms with Gasteiger partial charge in [-0.3, -0.25) is 0 Å². The van der Waals surface area contributed by atoms with Crippen LogP contribution in [0.15, 0.2) is 60.7 Å². The Morgan fingerprint density at radius 2 is 0.582 bits per heavy atom. The van der Waals surface area contributed by atoms with E-state index in [9.17, 15) is 101 Å². The summed E-state index contributed by atoms with van der Waals surface area (Å²) >= 11 is 0. The zero-order valence-corrected chi connectivity index (χ0v) is 33.1. The largest absolute Gasteiger partial charge is 0.504 e. The molecule has 1 heterocycles. The average molecular weight is 941 g/mol. The third kappa shape index (κ3) is 9.67.